The van der Waals surface area contributed by atoms with Gasteiger partial charge in [0.2, 0.25) is 0 Å². The molecule has 0 unspecified atom stereocenters. The number of pyridine rings is 1. The number of carbonyl (C=O) groups excluding carboxylic acids is 1. The second-order valence-corrected chi connectivity index (χ2v) is 7.59. The molecule has 1 amide bonds. The average molecular weight is 401 g/mol. The highest BCUT2D eigenvalue weighted by Gasteiger charge is 2.24. The van der Waals surface area contributed by atoms with Gasteiger partial charge in [0.1, 0.15) is 11.6 Å². The molecule has 2 aromatic rings. The van der Waals surface area contributed by atoms with Gasteiger partial charge in [-0.25, -0.2) is 9.37 Å². The Kier molecular flexibility index (Phi) is 6.53. The van der Waals surface area contributed by atoms with Gasteiger partial charge in [0.05, 0.1) is 11.7 Å². The molecule has 1 aromatic carbocycles. The molecule has 0 aliphatic heterocycles. The molecule has 0 bridgehead atoms. The predicted octanol–water partition coefficient (Wildman–Crippen LogP) is 3.53. The van der Waals surface area contributed by atoms with E-state index < -0.39 is 11.7 Å². The van der Waals surface area contributed by atoms with E-state index in [4.69, 9.17) is 16.2 Å². The highest BCUT2D eigenvalue weighted by molar-refractivity contribution is 5.98. The molecule has 3 rings (SSSR count). The number of anilines is 3. The summed E-state index contributed by atoms with van der Waals surface area (Å²) in [4.78, 5) is 16.1. The van der Waals surface area contributed by atoms with E-state index in [1.54, 1.807) is 24.3 Å². The van der Waals surface area contributed by atoms with E-state index in [0.29, 0.717) is 5.69 Å². The Hall–Kier alpha value is -2.87. The molecule has 1 aliphatic carbocycles. The number of nitrogens with zero attached hydrogens (tertiary/aromatic N) is 1. The first-order valence-electron chi connectivity index (χ1n) is 9.89. The Morgan fingerprint density at radius 2 is 1.90 bits per heavy atom. The quantitative estimate of drug-likeness (QED) is 0.564. The number of benzene rings is 1. The van der Waals surface area contributed by atoms with Crippen LogP contribution >= 0.6 is 0 Å². The molecule has 29 heavy (non-hydrogen) atoms. The molecule has 1 aromatic heterocycles. The van der Waals surface area contributed by atoms with Crippen LogP contribution in [0.3, 0.4) is 0 Å². The lowest BCUT2D eigenvalue weighted by atomic mass is 9.91. The molecule has 6 N–H and O–H groups in total. The zero-order valence-electron chi connectivity index (χ0n) is 16.7. The Morgan fingerprint density at radius 3 is 2.52 bits per heavy atom. The SMILES string of the molecule is CC(C)Oc1ccc(Nc2nc(N[C@@H]3CCCC[C@@H]3N)c(F)cc2C(N)=O)cc1. The first-order valence-corrected chi connectivity index (χ1v) is 9.89. The van der Waals surface area contributed by atoms with Crippen LogP contribution in [-0.4, -0.2) is 29.1 Å². The zero-order valence-corrected chi connectivity index (χ0v) is 16.7. The summed E-state index contributed by atoms with van der Waals surface area (Å²) < 4.78 is 20.2. The van der Waals surface area contributed by atoms with E-state index in [0.717, 1.165) is 37.5 Å². The highest BCUT2D eigenvalue weighted by Crippen LogP contribution is 2.27. The summed E-state index contributed by atoms with van der Waals surface area (Å²) in [6.07, 6.45) is 3.89. The van der Waals surface area contributed by atoms with Crippen molar-refractivity contribution in [3.05, 3.63) is 41.7 Å². The van der Waals surface area contributed by atoms with Gasteiger partial charge in [-0.3, -0.25) is 4.79 Å². The van der Waals surface area contributed by atoms with Crippen molar-refractivity contribution in [2.24, 2.45) is 11.5 Å². The Balaban J connectivity index is 1.84. The monoisotopic (exact) mass is 401 g/mol. The van der Waals surface area contributed by atoms with E-state index in [2.05, 4.69) is 15.6 Å². The largest absolute Gasteiger partial charge is 0.491 e. The summed E-state index contributed by atoms with van der Waals surface area (Å²) in [6.45, 7) is 3.89. The fraction of sp³-hybridized carbons (Fsp3) is 0.429. The Morgan fingerprint density at radius 1 is 1.21 bits per heavy atom. The van der Waals surface area contributed by atoms with Gasteiger partial charge in [-0.05, 0) is 57.0 Å². The number of hydrogen-bond acceptors (Lipinski definition) is 6. The number of aromatic nitrogens is 1. The molecule has 0 spiro atoms. The molecule has 1 aliphatic rings. The molecule has 1 heterocycles. The van der Waals surface area contributed by atoms with Gasteiger partial charge in [0.15, 0.2) is 11.6 Å². The first kappa shape index (κ1) is 20.9. The molecule has 8 heteroatoms. The number of nitrogens with two attached hydrogens (primary N) is 2. The number of nitrogens with one attached hydrogen (secondary N) is 2. The Bertz CT molecular complexity index is 857. The molecule has 1 saturated carbocycles. The van der Waals surface area contributed by atoms with E-state index >= 15 is 0 Å². The molecular formula is C21H28FN5O2. The molecule has 7 nitrogen and oxygen atoms in total. The van der Waals surface area contributed by atoms with Crippen LogP contribution in [0.25, 0.3) is 0 Å². The van der Waals surface area contributed by atoms with Gasteiger partial charge >= 0.3 is 0 Å². The number of rotatable bonds is 7. The maximum Gasteiger partial charge on any atom is 0.252 e. The zero-order chi connectivity index (χ0) is 21.0. The average Bonchev–Trinajstić information content (AvgIpc) is 2.67. The molecule has 156 valence electrons. The van der Waals surface area contributed by atoms with Crippen molar-refractivity contribution in [2.75, 3.05) is 10.6 Å². The lowest BCUT2D eigenvalue weighted by Crippen LogP contribution is -2.43. The number of ether oxygens (including phenoxy) is 1. The summed E-state index contributed by atoms with van der Waals surface area (Å²) in [5, 5.41) is 6.14. The van der Waals surface area contributed by atoms with Crippen LogP contribution in [0.15, 0.2) is 30.3 Å². The molecule has 2 atom stereocenters. The van der Waals surface area contributed by atoms with Gasteiger partial charge in [0.25, 0.3) is 5.91 Å². The summed E-state index contributed by atoms with van der Waals surface area (Å²) in [6, 6.07) is 8.16. The minimum absolute atomic E-state index is 0.0245. The van der Waals surface area contributed by atoms with Gasteiger partial charge < -0.3 is 26.8 Å². The maximum absolute atomic E-state index is 14.6. The third-order valence-corrected chi connectivity index (χ3v) is 4.87. The molecule has 0 radical (unpaired) electrons. The summed E-state index contributed by atoms with van der Waals surface area (Å²) in [5.74, 6) is -0.438. The lowest BCUT2D eigenvalue weighted by Gasteiger charge is -2.30. The fourth-order valence-corrected chi connectivity index (χ4v) is 3.41. The van der Waals surface area contributed by atoms with Crippen molar-refractivity contribution in [3.63, 3.8) is 0 Å². The van der Waals surface area contributed by atoms with Crippen LogP contribution in [-0.2, 0) is 0 Å². The number of primary amides is 1. The third kappa shape index (κ3) is 5.35. The van der Waals surface area contributed by atoms with Gasteiger partial charge in [-0.15, -0.1) is 0 Å². The van der Waals surface area contributed by atoms with Crippen LogP contribution < -0.4 is 26.8 Å². The maximum atomic E-state index is 14.6. The molecule has 0 saturated heterocycles. The van der Waals surface area contributed by atoms with E-state index in [1.807, 2.05) is 13.8 Å². The third-order valence-electron chi connectivity index (χ3n) is 4.87. The fourth-order valence-electron chi connectivity index (χ4n) is 3.41. The van der Waals surface area contributed by atoms with Crippen LogP contribution in [0.5, 0.6) is 5.75 Å². The van der Waals surface area contributed by atoms with Crippen molar-refractivity contribution < 1.29 is 13.9 Å². The Labute approximate surface area is 170 Å². The number of amides is 1. The van der Waals surface area contributed by atoms with Gasteiger partial charge in [0, 0.05) is 17.8 Å². The normalized spacial score (nSPS) is 19.1. The minimum Gasteiger partial charge on any atom is -0.491 e. The summed E-state index contributed by atoms with van der Waals surface area (Å²) in [7, 11) is 0. The minimum atomic E-state index is -0.764. The molecular weight excluding hydrogens is 373 g/mol. The number of hydrogen-bond donors (Lipinski definition) is 4. The van der Waals surface area contributed by atoms with Gasteiger partial charge in [-0.1, -0.05) is 12.8 Å². The van der Waals surface area contributed by atoms with Crippen LogP contribution in [0, 0.1) is 5.82 Å². The predicted molar refractivity (Wildman–Crippen MR) is 112 cm³/mol. The van der Waals surface area contributed by atoms with E-state index in [9.17, 15) is 9.18 Å². The lowest BCUT2D eigenvalue weighted by molar-refractivity contribution is 0.100. The topological polar surface area (TPSA) is 115 Å². The van der Waals surface area contributed by atoms with Crippen molar-refractivity contribution in [2.45, 2.75) is 57.7 Å². The number of halogens is 1. The van der Waals surface area contributed by atoms with Crippen molar-refractivity contribution in [1.82, 2.24) is 4.98 Å². The van der Waals surface area contributed by atoms with Crippen molar-refractivity contribution >= 4 is 23.2 Å². The highest BCUT2D eigenvalue weighted by atomic mass is 19.1. The van der Waals surface area contributed by atoms with Crippen LogP contribution in [0.4, 0.5) is 21.7 Å². The van der Waals surface area contributed by atoms with Crippen molar-refractivity contribution in [1.29, 1.82) is 0 Å². The van der Waals surface area contributed by atoms with E-state index in [-0.39, 0.29) is 35.4 Å². The van der Waals surface area contributed by atoms with E-state index in [1.165, 1.54) is 0 Å². The van der Waals surface area contributed by atoms with Gasteiger partial charge in [-0.2, -0.15) is 0 Å². The van der Waals surface area contributed by atoms with Crippen molar-refractivity contribution in [3.8, 4) is 5.75 Å². The smallest absolute Gasteiger partial charge is 0.252 e. The standard InChI is InChI=1S/C21H28FN5O2/c1-12(2)29-14-9-7-13(8-10-14)25-20-15(19(24)28)11-16(22)21(27-20)26-18-6-4-3-5-17(18)23/h7-12,17-18H,3-6,23H2,1-2H3,(H2,24,28)(H2,25,26,27)/t17-,18+/m0/s1. The second kappa shape index (κ2) is 9.09. The number of carbonyl (C=O) groups is 1. The first-order chi connectivity index (χ1) is 13.8. The summed E-state index contributed by atoms with van der Waals surface area (Å²) >= 11 is 0. The molecule has 1 fully saturated rings. The van der Waals surface area contributed by atoms with Crippen LogP contribution in [0.2, 0.25) is 0 Å². The second-order valence-electron chi connectivity index (χ2n) is 7.59. The summed E-state index contributed by atoms with van der Waals surface area (Å²) in [5.41, 5.74) is 12.2. The van der Waals surface area contributed by atoms with Crippen LogP contribution in [0.1, 0.15) is 49.9 Å².